The minimum absolute atomic E-state index is 0.0191. The molecule has 1 atom stereocenters. The van der Waals surface area contributed by atoms with Crippen molar-refractivity contribution in [2.75, 3.05) is 11.9 Å². The van der Waals surface area contributed by atoms with Gasteiger partial charge in [-0.25, -0.2) is 4.68 Å². The summed E-state index contributed by atoms with van der Waals surface area (Å²) < 4.78 is 1.87. The van der Waals surface area contributed by atoms with Crippen molar-refractivity contribution in [1.82, 2.24) is 15.0 Å². The van der Waals surface area contributed by atoms with E-state index in [0.29, 0.717) is 5.92 Å². The third-order valence-electron chi connectivity index (χ3n) is 2.41. The molecule has 0 saturated heterocycles. The Hall–Kier alpha value is -1.10. The van der Waals surface area contributed by atoms with Crippen molar-refractivity contribution in [2.24, 2.45) is 11.7 Å². The number of hydrogen-bond acceptors (Lipinski definition) is 4. The second-order valence-corrected chi connectivity index (χ2v) is 3.74. The highest BCUT2D eigenvalue weighted by molar-refractivity contribution is 5.44. The van der Waals surface area contributed by atoms with E-state index in [4.69, 9.17) is 5.73 Å². The van der Waals surface area contributed by atoms with Crippen molar-refractivity contribution in [3.05, 3.63) is 5.69 Å². The fourth-order valence-electron chi connectivity index (χ4n) is 1.49. The Bertz CT molecular complexity index is 303. The molecule has 1 aliphatic rings. The summed E-state index contributed by atoms with van der Waals surface area (Å²) in [4.78, 5) is 0. The van der Waals surface area contributed by atoms with Gasteiger partial charge >= 0.3 is 0 Å². The zero-order chi connectivity index (χ0) is 9.42. The molecule has 1 aliphatic heterocycles. The first-order valence-electron chi connectivity index (χ1n) is 4.63. The molecular weight excluding hydrogens is 166 g/mol. The third-order valence-corrected chi connectivity index (χ3v) is 2.41. The van der Waals surface area contributed by atoms with Gasteiger partial charge in [0.05, 0.1) is 12.6 Å². The molecule has 2 heterocycles. The predicted molar refractivity (Wildman–Crippen MR) is 50.3 cm³/mol. The number of aromatic nitrogens is 3. The van der Waals surface area contributed by atoms with Crippen LogP contribution < -0.4 is 11.1 Å². The second-order valence-electron chi connectivity index (χ2n) is 3.74. The first-order chi connectivity index (χ1) is 6.20. The van der Waals surface area contributed by atoms with Crippen LogP contribution in [0.2, 0.25) is 0 Å². The van der Waals surface area contributed by atoms with E-state index in [1.54, 1.807) is 0 Å². The van der Waals surface area contributed by atoms with Gasteiger partial charge in [0.2, 0.25) is 0 Å². The van der Waals surface area contributed by atoms with E-state index >= 15 is 0 Å². The van der Waals surface area contributed by atoms with Crippen molar-refractivity contribution < 1.29 is 0 Å². The summed E-state index contributed by atoms with van der Waals surface area (Å²) in [6.07, 6.45) is 0. The first kappa shape index (κ1) is 8.50. The molecule has 3 N–H and O–H groups in total. The van der Waals surface area contributed by atoms with E-state index in [0.717, 1.165) is 24.6 Å². The molecule has 5 heteroatoms. The standard InChI is InChI=1S/C8H15N5/c1-5(2)6(9)7-8-10-3-4-13(8)12-11-7/h5-6,10H,3-4,9H2,1-2H3. The zero-order valence-electron chi connectivity index (χ0n) is 7.99. The van der Waals surface area contributed by atoms with Gasteiger partial charge in [0.1, 0.15) is 11.5 Å². The van der Waals surface area contributed by atoms with E-state index in [1.165, 1.54) is 0 Å². The maximum absolute atomic E-state index is 6.00. The molecule has 0 aromatic carbocycles. The molecule has 72 valence electrons. The average Bonchev–Trinajstić information content (AvgIpc) is 2.61. The molecule has 0 radical (unpaired) electrons. The van der Waals surface area contributed by atoms with Gasteiger partial charge in [-0.05, 0) is 5.92 Å². The van der Waals surface area contributed by atoms with Crippen molar-refractivity contribution in [2.45, 2.75) is 26.4 Å². The van der Waals surface area contributed by atoms with Gasteiger partial charge < -0.3 is 11.1 Å². The highest BCUT2D eigenvalue weighted by Crippen LogP contribution is 2.25. The molecule has 2 rings (SSSR count). The normalized spacial score (nSPS) is 17.2. The van der Waals surface area contributed by atoms with Gasteiger partial charge in [0.15, 0.2) is 0 Å². The van der Waals surface area contributed by atoms with E-state index in [9.17, 15) is 0 Å². The summed E-state index contributed by atoms with van der Waals surface area (Å²) in [5, 5.41) is 11.4. The van der Waals surface area contributed by atoms with Crippen LogP contribution >= 0.6 is 0 Å². The molecule has 1 aromatic heterocycles. The predicted octanol–water partition coefficient (Wildman–Crippen LogP) is 0.359. The van der Waals surface area contributed by atoms with Crippen molar-refractivity contribution in [3.63, 3.8) is 0 Å². The lowest BCUT2D eigenvalue weighted by Crippen LogP contribution is -2.18. The van der Waals surface area contributed by atoms with Gasteiger partial charge in [-0.15, -0.1) is 5.10 Å². The number of rotatable bonds is 2. The number of anilines is 1. The molecule has 0 spiro atoms. The summed E-state index contributed by atoms with van der Waals surface area (Å²) in [7, 11) is 0. The molecule has 0 amide bonds. The van der Waals surface area contributed by atoms with Crippen molar-refractivity contribution in [3.8, 4) is 0 Å². The summed E-state index contributed by atoms with van der Waals surface area (Å²) >= 11 is 0. The molecular formula is C8H15N5. The number of nitrogens with two attached hydrogens (primary N) is 1. The van der Waals surface area contributed by atoms with E-state index in [1.807, 2.05) is 4.68 Å². The fraction of sp³-hybridized carbons (Fsp3) is 0.750. The lowest BCUT2D eigenvalue weighted by molar-refractivity contribution is 0.502. The van der Waals surface area contributed by atoms with E-state index in [2.05, 4.69) is 29.5 Å². The van der Waals surface area contributed by atoms with E-state index in [-0.39, 0.29) is 6.04 Å². The van der Waals surface area contributed by atoms with Crippen LogP contribution in [0.4, 0.5) is 5.82 Å². The van der Waals surface area contributed by atoms with Gasteiger partial charge in [-0.3, -0.25) is 0 Å². The van der Waals surface area contributed by atoms with Crippen LogP contribution in [-0.2, 0) is 6.54 Å². The Labute approximate surface area is 77.3 Å². The molecule has 13 heavy (non-hydrogen) atoms. The van der Waals surface area contributed by atoms with Gasteiger partial charge in [-0.1, -0.05) is 19.1 Å². The summed E-state index contributed by atoms with van der Waals surface area (Å²) in [5.74, 6) is 1.39. The van der Waals surface area contributed by atoms with Gasteiger partial charge in [0, 0.05) is 6.54 Å². The van der Waals surface area contributed by atoms with Crippen LogP contribution in [0.1, 0.15) is 25.6 Å². The summed E-state index contributed by atoms with van der Waals surface area (Å²) in [5.41, 5.74) is 6.90. The third kappa shape index (κ3) is 1.29. The number of nitrogens with zero attached hydrogens (tertiary/aromatic N) is 3. The molecule has 0 fully saturated rings. The zero-order valence-corrected chi connectivity index (χ0v) is 7.99. The summed E-state index contributed by atoms with van der Waals surface area (Å²) in [6, 6.07) is -0.0191. The van der Waals surface area contributed by atoms with Crippen LogP contribution in [-0.4, -0.2) is 21.5 Å². The monoisotopic (exact) mass is 181 g/mol. The van der Waals surface area contributed by atoms with Crippen LogP contribution in [0.5, 0.6) is 0 Å². The van der Waals surface area contributed by atoms with Crippen molar-refractivity contribution in [1.29, 1.82) is 0 Å². The smallest absolute Gasteiger partial charge is 0.149 e. The summed E-state index contributed by atoms with van der Waals surface area (Å²) in [6.45, 7) is 6.01. The first-order valence-corrected chi connectivity index (χ1v) is 4.63. The Kier molecular flexibility index (Phi) is 1.95. The van der Waals surface area contributed by atoms with Crippen LogP contribution in [0.25, 0.3) is 0 Å². The highest BCUT2D eigenvalue weighted by atomic mass is 15.5. The Morgan fingerprint density at radius 3 is 3.00 bits per heavy atom. The second kappa shape index (κ2) is 2.99. The number of hydrogen-bond donors (Lipinski definition) is 2. The minimum Gasteiger partial charge on any atom is -0.367 e. The van der Waals surface area contributed by atoms with Crippen LogP contribution in [0, 0.1) is 5.92 Å². The Balaban J connectivity index is 2.30. The molecule has 0 aliphatic carbocycles. The highest BCUT2D eigenvalue weighted by Gasteiger charge is 2.23. The van der Waals surface area contributed by atoms with Crippen molar-refractivity contribution >= 4 is 5.82 Å². The quantitative estimate of drug-likeness (QED) is 0.691. The van der Waals surface area contributed by atoms with Gasteiger partial charge in [0.25, 0.3) is 0 Å². The Morgan fingerprint density at radius 2 is 2.31 bits per heavy atom. The molecule has 1 aromatic rings. The fourth-order valence-corrected chi connectivity index (χ4v) is 1.49. The average molecular weight is 181 g/mol. The van der Waals surface area contributed by atoms with Crippen LogP contribution in [0.15, 0.2) is 0 Å². The molecule has 0 bridgehead atoms. The maximum atomic E-state index is 6.00. The largest absolute Gasteiger partial charge is 0.367 e. The lowest BCUT2D eigenvalue weighted by atomic mass is 10.0. The molecule has 1 unspecified atom stereocenters. The molecule has 5 nitrogen and oxygen atoms in total. The molecule has 0 saturated carbocycles. The topological polar surface area (TPSA) is 68.8 Å². The number of nitrogens with one attached hydrogen (secondary N) is 1. The minimum atomic E-state index is -0.0191. The number of fused-ring (bicyclic) bond motifs is 1. The Morgan fingerprint density at radius 1 is 1.54 bits per heavy atom. The SMILES string of the molecule is CC(C)C(N)c1nnn2c1NCC2. The van der Waals surface area contributed by atoms with Crippen LogP contribution in [0.3, 0.4) is 0 Å². The lowest BCUT2D eigenvalue weighted by Gasteiger charge is -2.13. The van der Waals surface area contributed by atoms with E-state index < -0.39 is 0 Å². The van der Waals surface area contributed by atoms with Gasteiger partial charge in [-0.2, -0.15) is 0 Å². The maximum Gasteiger partial charge on any atom is 0.149 e.